The molecular formula is C29H28N4O4. The monoisotopic (exact) mass is 496 g/mol. The lowest BCUT2D eigenvalue weighted by Gasteiger charge is -2.15. The van der Waals surface area contributed by atoms with Crippen LogP contribution in [0.1, 0.15) is 42.7 Å². The highest BCUT2D eigenvalue weighted by molar-refractivity contribution is 5.87. The smallest absolute Gasteiger partial charge is 0.413 e. The Labute approximate surface area is 215 Å². The van der Waals surface area contributed by atoms with Gasteiger partial charge in [-0.25, -0.2) is 4.79 Å². The second kappa shape index (κ2) is 9.89. The van der Waals surface area contributed by atoms with Crippen molar-refractivity contribution in [2.24, 2.45) is 0 Å². The highest BCUT2D eigenvalue weighted by Gasteiger charge is 2.52. The lowest BCUT2D eigenvalue weighted by atomic mass is 9.94. The molecule has 0 saturated heterocycles. The maximum absolute atomic E-state index is 12.6. The molecule has 0 radical (unpaired) electrons. The van der Waals surface area contributed by atoms with Crippen molar-refractivity contribution in [3.05, 3.63) is 95.7 Å². The Hall–Kier alpha value is -4.46. The molecule has 1 unspecified atom stereocenters. The topological polar surface area (TPSA) is 95.3 Å². The molecule has 1 amide bonds. The average molecular weight is 497 g/mol. The summed E-state index contributed by atoms with van der Waals surface area (Å²) in [4.78, 5) is 24.8. The number of benzene rings is 3. The first kappa shape index (κ1) is 24.2. The molecule has 1 aromatic heterocycles. The fraction of sp³-hybridized carbons (Fsp3) is 0.241. The second-order valence-electron chi connectivity index (χ2n) is 9.22. The molecule has 0 aliphatic heterocycles. The van der Waals surface area contributed by atoms with Gasteiger partial charge in [-0.2, -0.15) is 4.68 Å². The minimum atomic E-state index is -0.583. The summed E-state index contributed by atoms with van der Waals surface area (Å²) in [6, 6.07) is 25.4. The molecule has 3 aromatic carbocycles. The van der Waals surface area contributed by atoms with Crippen LogP contribution in [-0.4, -0.2) is 34.2 Å². The van der Waals surface area contributed by atoms with Crippen molar-refractivity contribution < 1.29 is 19.1 Å². The van der Waals surface area contributed by atoms with Gasteiger partial charge in [0.2, 0.25) is 0 Å². The van der Waals surface area contributed by atoms with E-state index < -0.39 is 17.6 Å². The van der Waals surface area contributed by atoms with Gasteiger partial charge in [0.1, 0.15) is 11.8 Å². The van der Waals surface area contributed by atoms with E-state index in [-0.39, 0.29) is 5.97 Å². The van der Waals surface area contributed by atoms with E-state index in [0.29, 0.717) is 11.5 Å². The summed E-state index contributed by atoms with van der Waals surface area (Å²) in [5, 5.41) is 11.1. The maximum Gasteiger partial charge on any atom is 0.413 e. The molecule has 1 saturated carbocycles. The van der Waals surface area contributed by atoms with Crippen LogP contribution in [0, 0.1) is 6.92 Å². The number of nitrogens with one attached hydrogen (secondary N) is 1. The molecule has 8 heteroatoms. The Morgan fingerprint density at radius 1 is 0.946 bits per heavy atom. The second-order valence-corrected chi connectivity index (χ2v) is 9.22. The predicted octanol–water partition coefficient (Wildman–Crippen LogP) is 5.76. The van der Waals surface area contributed by atoms with Crippen LogP contribution >= 0.6 is 0 Å². The number of ether oxygens (including phenoxy) is 2. The van der Waals surface area contributed by atoms with Gasteiger partial charge in [0, 0.05) is 0 Å². The van der Waals surface area contributed by atoms with Crippen molar-refractivity contribution in [3.8, 4) is 16.8 Å². The van der Waals surface area contributed by atoms with Crippen molar-refractivity contribution in [1.82, 2.24) is 15.0 Å². The van der Waals surface area contributed by atoms with Crippen LogP contribution in [0.15, 0.2) is 78.9 Å². The molecule has 1 atom stereocenters. The van der Waals surface area contributed by atoms with Crippen LogP contribution in [0.5, 0.6) is 0 Å². The molecule has 37 heavy (non-hydrogen) atoms. The Morgan fingerprint density at radius 3 is 2.16 bits per heavy atom. The molecule has 1 aliphatic carbocycles. The van der Waals surface area contributed by atoms with Crippen LogP contribution in [0.2, 0.25) is 0 Å². The quantitative estimate of drug-likeness (QED) is 0.327. The van der Waals surface area contributed by atoms with Crippen molar-refractivity contribution in [1.29, 1.82) is 0 Å². The van der Waals surface area contributed by atoms with Crippen LogP contribution in [-0.2, 0) is 19.7 Å². The van der Waals surface area contributed by atoms with Gasteiger partial charge in [0.15, 0.2) is 5.82 Å². The van der Waals surface area contributed by atoms with Gasteiger partial charge >= 0.3 is 12.1 Å². The fourth-order valence-corrected chi connectivity index (χ4v) is 4.47. The van der Waals surface area contributed by atoms with Crippen molar-refractivity contribution in [2.45, 2.75) is 38.2 Å². The molecule has 1 aliphatic rings. The van der Waals surface area contributed by atoms with E-state index in [0.717, 1.165) is 40.8 Å². The van der Waals surface area contributed by atoms with Crippen LogP contribution in [0.3, 0.4) is 0 Å². The van der Waals surface area contributed by atoms with E-state index in [1.165, 1.54) is 7.11 Å². The summed E-state index contributed by atoms with van der Waals surface area (Å²) in [7, 11) is 1.43. The zero-order chi connectivity index (χ0) is 26.0. The molecule has 1 heterocycles. The predicted molar refractivity (Wildman–Crippen MR) is 139 cm³/mol. The molecule has 5 rings (SSSR count). The van der Waals surface area contributed by atoms with Gasteiger partial charge < -0.3 is 9.47 Å². The summed E-state index contributed by atoms with van der Waals surface area (Å²) in [6.07, 6.45) is 0.652. The minimum absolute atomic E-state index is 0.171. The molecular weight excluding hydrogens is 468 g/mol. The zero-order valence-electron chi connectivity index (χ0n) is 21.0. The summed E-state index contributed by atoms with van der Waals surface area (Å²) in [5.74, 6) is 0.274. The Balaban J connectivity index is 1.30. The SMILES string of the molecule is COC(=O)C1(c2ccc(-c3ccc(-n4nnc(C)c4NC(=O)OC(C)c4ccccc4)cc3)cc2)CC1. The fourth-order valence-electron chi connectivity index (χ4n) is 4.47. The van der Waals surface area contributed by atoms with Gasteiger partial charge in [-0.15, -0.1) is 5.10 Å². The Bertz CT molecular complexity index is 1410. The lowest BCUT2D eigenvalue weighted by molar-refractivity contribution is -0.143. The van der Waals surface area contributed by atoms with Crippen molar-refractivity contribution in [2.75, 3.05) is 12.4 Å². The third-order valence-electron chi connectivity index (χ3n) is 6.82. The number of esters is 1. The van der Waals surface area contributed by atoms with E-state index in [9.17, 15) is 9.59 Å². The molecule has 0 spiro atoms. The first-order valence-corrected chi connectivity index (χ1v) is 12.2. The molecule has 4 aromatic rings. The summed E-state index contributed by atoms with van der Waals surface area (Å²) < 4.78 is 12.1. The van der Waals surface area contributed by atoms with E-state index in [1.54, 1.807) is 11.6 Å². The number of hydrogen-bond acceptors (Lipinski definition) is 6. The van der Waals surface area contributed by atoms with Crippen molar-refractivity contribution >= 4 is 17.9 Å². The Morgan fingerprint density at radius 2 is 1.57 bits per heavy atom. The summed E-state index contributed by atoms with van der Waals surface area (Å²) in [5.41, 5.74) is 4.77. The van der Waals surface area contributed by atoms with Crippen LogP contribution in [0.4, 0.5) is 10.6 Å². The number of carbonyl (C=O) groups excluding carboxylic acids is 2. The van der Waals surface area contributed by atoms with Gasteiger partial charge in [0.25, 0.3) is 0 Å². The first-order chi connectivity index (χ1) is 17.9. The number of aromatic nitrogens is 3. The molecule has 0 bridgehead atoms. The highest BCUT2D eigenvalue weighted by Crippen LogP contribution is 2.49. The maximum atomic E-state index is 12.6. The Kier molecular flexibility index (Phi) is 6.48. The van der Waals surface area contributed by atoms with Crippen LogP contribution in [0.25, 0.3) is 16.8 Å². The third kappa shape index (κ3) is 4.82. The van der Waals surface area contributed by atoms with Gasteiger partial charge in [-0.05, 0) is 61.1 Å². The van der Waals surface area contributed by atoms with Gasteiger partial charge in [-0.1, -0.05) is 71.9 Å². The summed E-state index contributed by atoms with van der Waals surface area (Å²) in [6.45, 7) is 3.60. The van der Waals surface area contributed by atoms with E-state index >= 15 is 0 Å². The van der Waals surface area contributed by atoms with Gasteiger partial charge in [-0.3, -0.25) is 10.1 Å². The molecule has 8 nitrogen and oxygen atoms in total. The standard InChI is InChI=1S/C29H28N4O4/c1-19-26(30-28(35)37-20(2)21-7-5-4-6-8-21)33(32-31-19)25-15-11-23(12-16-25)22-9-13-24(14-10-22)29(17-18-29)27(34)36-3/h4-16,20H,17-18H2,1-3H3,(H,30,35). The van der Waals surface area contributed by atoms with E-state index in [4.69, 9.17) is 9.47 Å². The highest BCUT2D eigenvalue weighted by atomic mass is 16.6. The number of carbonyl (C=O) groups is 2. The number of anilines is 1. The van der Waals surface area contributed by atoms with Crippen LogP contribution < -0.4 is 5.32 Å². The van der Waals surface area contributed by atoms with E-state index in [1.807, 2.05) is 85.8 Å². The number of rotatable bonds is 7. The average Bonchev–Trinajstić information content (AvgIpc) is 3.67. The lowest BCUT2D eigenvalue weighted by Crippen LogP contribution is -2.21. The molecule has 1 fully saturated rings. The number of methoxy groups -OCH3 is 1. The number of nitrogens with zero attached hydrogens (tertiary/aromatic N) is 3. The largest absolute Gasteiger partial charge is 0.468 e. The number of aryl methyl sites for hydroxylation is 1. The third-order valence-corrected chi connectivity index (χ3v) is 6.82. The number of amides is 1. The summed E-state index contributed by atoms with van der Waals surface area (Å²) >= 11 is 0. The molecule has 1 N–H and O–H groups in total. The van der Waals surface area contributed by atoms with E-state index in [2.05, 4.69) is 15.6 Å². The minimum Gasteiger partial charge on any atom is -0.468 e. The van der Waals surface area contributed by atoms with Gasteiger partial charge in [0.05, 0.1) is 18.2 Å². The normalized spacial score (nSPS) is 14.5. The first-order valence-electron chi connectivity index (χ1n) is 12.2. The number of hydrogen-bond donors (Lipinski definition) is 1. The molecule has 188 valence electrons. The zero-order valence-corrected chi connectivity index (χ0v) is 21.0. The van der Waals surface area contributed by atoms with Crippen molar-refractivity contribution in [3.63, 3.8) is 0 Å².